The van der Waals surface area contributed by atoms with Gasteiger partial charge in [0.1, 0.15) is 0 Å². The molecule has 0 fully saturated rings. The second-order valence-corrected chi connectivity index (χ2v) is 10.1. The number of phenolic OH excluding ortho intramolecular Hbond substituents is 2. The maximum absolute atomic E-state index is 14.5. The van der Waals surface area contributed by atoms with Crippen LogP contribution >= 0.6 is 0 Å². The molecule has 2 heterocycles. The Morgan fingerprint density at radius 1 is 0.652 bits per heavy atom. The van der Waals surface area contributed by atoms with Gasteiger partial charge < -0.3 is 19.7 Å². The number of hydrogen-bond donors (Lipinski definition) is 2. The predicted molar refractivity (Wildman–Crippen MR) is 168 cm³/mol. The third kappa shape index (κ3) is 5.01. The van der Waals surface area contributed by atoms with E-state index in [1.54, 1.807) is 48.5 Å². The van der Waals surface area contributed by atoms with Crippen LogP contribution in [0.2, 0.25) is 0 Å². The molecule has 2 aromatic heterocycles. The molecule has 0 amide bonds. The molecule has 0 atom stereocenters. The Kier molecular flexibility index (Phi) is 7.34. The number of nitrogens with zero attached hydrogens (tertiary/aromatic N) is 4. The highest BCUT2D eigenvalue weighted by atomic mass is 16.6. The van der Waals surface area contributed by atoms with E-state index < -0.39 is 38.5 Å². The first-order valence-corrected chi connectivity index (χ1v) is 13.6. The van der Waals surface area contributed by atoms with Gasteiger partial charge in [0.05, 0.1) is 46.5 Å². The fraction of sp³-hybridized carbons (Fsp3) is 0.0606. The van der Waals surface area contributed by atoms with Crippen LogP contribution in [0.3, 0.4) is 0 Å². The van der Waals surface area contributed by atoms with Gasteiger partial charge >= 0.3 is 11.4 Å². The standard InChI is InChI=1S/C33H22N4O9/c1-45-29-13-17(11-27(32(29)39)36(41)42)25-15-21(19-7-3-5-9-23(19)34-25)31(38)22-16-26(35-24-10-6-4-8-20(22)24)18-12-28(37(43)44)33(40)30(14-18)46-2/h3-16,39-40H,1-2H3. The SMILES string of the molecule is COc1cc(-c2cc(C(=O)c3cc(-c4cc(OC)c(O)c([N+](=O)[O-])c4)nc4ccccc34)c3ccccc3n2)cc([N+](=O)[O-])c1O. The lowest BCUT2D eigenvalue weighted by Gasteiger charge is -2.14. The van der Waals surface area contributed by atoms with Crippen LogP contribution in [-0.4, -0.2) is 50.0 Å². The molecule has 0 aliphatic rings. The average molecular weight is 619 g/mol. The first-order valence-electron chi connectivity index (χ1n) is 13.6. The van der Waals surface area contributed by atoms with E-state index in [4.69, 9.17) is 9.47 Å². The number of ketones is 1. The van der Waals surface area contributed by atoms with Crippen molar-refractivity contribution in [3.63, 3.8) is 0 Å². The Bertz CT molecular complexity index is 2100. The molecular formula is C33H22N4O9. The summed E-state index contributed by atoms with van der Waals surface area (Å²) in [6.45, 7) is 0. The smallest absolute Gasteiger partial charge is 0.315 e. The van der Waals surface area contributed by atoms with Gasteiger partial charge in [-0.3, -0.25) is 25.0 Å². The zero-order valence-corrected chi connectivity index (χ0v) is 24.1. The van der Waals surface area contributed by atoms with Crippen molar-refractivity contribution in [1.29, 1.82) is 0 Å². The van der Waals surface area contributed by atoms with Crippen molar-refractivity contribution in [2.75, 3.05) is 14.2 Å². The average Bonchev–Trinajstić information content (AvgIpc) is 3.06. The quantitative estimate of drug-likeness (QED) is 0.106. The summed E-state index contributed by atoms with van der Waals surface area (Å²) in [4.78, 5) is 45.7. The maximum atomic E-state index is 14.5. The predicted octanol–water partition coefficient (Wildman–Crippen LogP) is 6.59. The van der Waals surface area contributed by atoms with Gasteiger partial charge in [-0.15, -0.1) is 0 Å². The van der Waals surface area contributed by atoms with E-state index in [0.717, 1.165) is 12.1 Å². The first kappa shape index (κ1) is 29.4. The summed E-state index contributed by atoms with van der Waals surface area (Å²) < 4.78 is 10.3. The summed E-state index contributed by atoms with van der Waals surface area (Å²) in [7, 11) is 2.52. The van der Waals surface area contributed by atoms with E-state index in [2.05, 4.69) is 9.97 Å². The normalized spacial score (nSPS) is 11.0. The van der Waals surface area contributed by atoms with E-state index in [-0.39, 0.29) is 45.1 Å². The van der Waals surface area contributed by atoms with Crippen LogP contribution in [0, 0.1) is 20.2 Å². The molecule has 228 valence electrons. The second-order valence-electron chi connectivity index (χ2n) is 10.1. The van der Waals surface area contributed by atoms with E-state index in [0.29, 0.717) is 21.8 Å². The van der Waals surface area contributed by atoms with Crippen LogP contribution in [0.15, 0.2) is 84.9 Å². The van der Waals surface area contributed by atoms with Crippen molar-refractivity contribution < 1.29 is 34.3 Å². The van der Waals surface area contributed by atoms with Crippen molar-refractivity contribution in [1.82, 2.24) is 9.97 Å². The van der Waals surface area contributed by atoms with Gasteiger partial charge in [-0.25, -0.2) is 9.97 Å². The number of fused-ring (bicyclic) bond motifs is 2. The minimum Gasteiger partial charge on any atom is -0.500 e. The van der Waals surface area contributed by atoms with Gasteiger partial charge in [-0.2, -0.15) is 0 Å². The maximum Gasteiger partial charge on any atom is 0.315 e. The molecule has 0 bridgehead atoms. The second kappa shape index (κ2) is 11.5. The molecule has 13 heteroatoms. The van der Waals surface area contributed by atoms with E-state index in [9.17, 15) is 35.2 Å². The van der Waals surface area contributed by atoms with Crippen molar-refractivity contribution in [3.8, 4) is 45.5 Å². The fourth-order valence-corrected chi connectivity index (χ4v) is 5.24. The Balaban J connectivity index is 1.60. The molecule has 0 aliphatic heterocycles. The van der Waals surface area contributed by atoms with E-state index in [1.807, 2.05) is 0 Å². The zero-order chi connectivity index (χ0) is 32.7. The molecule has 0 unspecified atom stereocenters. The van der Waals surface area contributed by atoms with Crippen LogP contribution in [0.1, 0.15) is 15.9 Å². The molecule has 13 nitrogen and oxygen atoms in total. The van der Waals surface area contributed by atoms with Gasteiger partial charge in [0, 0.05) is 45.2 Å². The van der Waals surface area contributed by atoms with Crippen LogP contribution < -0.4 is 9.47 Å². The molecule has 0 saturated heterocycles. The Morgan fingerprint density at radius 3 is 1.41 bits per heavy atom. The molecular weight excluding hydrogens is 596 g/mol. The number of carbonyl (C=O) groups excluding carboxylic acids is 1. The van der Waals surface area contributed by atoms with E-state index >= 15 is 0 Å². The number of para-hydroxylation sites is 2. The number of nitro groups is 2. The van der Waals surface area contributed by atoms with Gasteiger partial charge in [-0.05, 0) is 36.4 Å². The molecule has 4 aromatic carbocycles. The number of rotatable bonds is 8. The number of aromatic hydroxyl groups is 2. The summed E-state index contributed by atoms with van der Waals surface area (Å²) in [5, 5.41) is 45.0. The van der Waals surface area contributed by atoms with Gasteiger partial charge in [0.15, 0.2) is 17.3 Å². The summed E-state index contributed by atoms with van der Waals surface area (Å²) in [5.41, 5.74) is 0.960. The van der Waals surface area contributed by atoms with Crippen molar-refractivity contribution >= 4 is 39.0 Å². The first-order chi connectivity index (χ1) is 22.1. The Morgan fingerprint density at radius 2 is 1.04 bits per heavy atom. The van der Waals surface area contributed by atoms with Crippen molar-refractivity contribution in [3.05, 3.63) is 116 Å². The Labute approximate surface area is 259 Å². The van der Waals surface area contributed by atoms with Crippen LogP contribution in [0.4, 0.5) is 11.4 Å². The van der Waals surface area contributed by atoms with Crippen molar-refractivity contribution in [2.45, 2.75) is 0 Å². The summed E-state index contributed by atoms with van der Waals surface area (Å²) >= 11 is 0. The third-order valence-corrected chi connectivity index (χ3v) is 7.46. The summed E-state index contributed by atoms with van der Waals surface area (Å²) in [6.07, 6.45) is 0. The molecule has 0 spiro atoms. The topological polar surface area (TPSA) is 188 Å². The minimum absolute atomic E-state index is 0.143. The lowest BCUT2D eigenvalue weighted by molar-refractivity contribution is -0.386. The fourth-order valence-electron chi connectivity index (χ4n) is 5.24. The van der Waals surface area contributed by atoms with E-state index in [1.165, 1.54) is 38.5 Å². The summed E-state index contributed by atoms with van der Waals surface area (Å²) in [5.74, 6) is -2.02. The number of aromatic nitrogens is 2. The number of pyridine rings is 2. The molecule has 2 N–H and O–H groups in total. The third-order valence-electron chi connectivity index (χ3n) is 7.46. The highest BCUT2D eigenvalue weighted by Gasteiger charge is 2.25. The van der Waals surface area contributed by atoms with Gasteiger partial charge in [0.2, 0.25) is 11.5 Å². The number of carbonyl (C=O) groups is 1. The Hall–Kier alpha value is -6.63. The number of nitro benzene ring substituents is 2. The molecule has 6 rings (SSSR count). The van der Waals surface area contributed by atoms with Crippen molar-refractivity contribution in [2.24, 2.45) is 0 Å². The monoisotopic (exact) mass is 618 g/mol. The zero-order valence-electron chi connectivity index (χ0n) is 24.1. The number of phenols is 2. The number of hydrogen-bond acceptors (Lipinski definition) is 11. The molecule has 0 aliphatic carbocycles. The molecule has 0 saturated carbocycles. The molecule has 6 aromatic rings. The largest absolute Gasteiger partial charge is 0.500 e. The lowest BCUT2D eigenvalue weighted by atomic mass is 9.93. The number of methoxy groups -OCH3 is 2. The highest BCUT2D eigenvalue weighted by Crippen LogP contribution is 2.42. The molecule has 46 heavy (non-hydrogen) atoms. The van der Waals surface area contributed by atoms with Crippen LogP contribution in [-0.2, 0) is 0 Å². The number of benzene rings is 4. The molecule has 0 radical (unpaired) electrons. The van der Waals surface area contributed by atoms with Gasteiger partial charge in [0.25, 0.3) is 0 Å². The highest BCUT2D eigenvalue weighted by molar-refractivity contribution is 6.21. The minimum atomic E-state index is -0.748. The van der Waals surface area contributed by atoms with Crippen LogP contribution in [0.5, 0.6) is 23.0 Å². The van der Waals surface area contributed by atoms with Gasteiger partial charge in [-0.1, -0.05) is 36.4 Å². The van der Waals surface area contributed by atoms with Crippen LogP contribution in [0.25, 0.3) is 44.3 Å². The summed E-state index contributed by atoms with van der Waals surface area (Å²) in [6, 6.07) is 21.9. The lowest BCUT2D eigenvalue weighted by Crippen LogP contribution is -2.06. The number of ether oxygens (including phenoxy) is 2.